The Bertz CT molecular complexity index is 1500. The van der Waals surface area contributed by atoms with Crippen LogP contribution in [0.4, 0.5) is 15.8 Å². The molecule has 0 radical (unpaired) electrons. The standard InChI is InChI=1S/C29H20FN3O2/c30-20-16-14-19(15-17-20)24-18-26-22-10-4-7-13-27(22)35-29(33(26)31-24)23-11-5-6-12-25(23)32(28(29)34)21-8-2-1-3-9-21/h1-17,26H,18H2/t26-,29+/m1/s1. The number of halogens is 1. The fourth-order valence-electron chi connectivity index (χ4n) is 5.40. The van der Waals surface area contributed by atoms with Crippen molar-refractivity contribution in [3.05, 3.63) is 126 Å². The van der Waals surface area contributed by atoms with E-state index in [1.54, 1.807) is 17.0 Å². The van der Waals surface area contributed by atoms with Crippen LogP contribution in [0.2, 0.25) is 0 Å². The minimum absolute atomic E-state index is 0.201. The molecule has 0 fully saturated rings. The van der Waals surface area contributed by atoms with E-state index in [0.717, 1.165) is 33.8 Å². The second kappa shape index (κ2) is 7.27. The quantitative estimate of drug-likeness (QED) is 0.373. The third-order valence-corrected chi connectivity index (χ3v) is 6.96. The van der Waals surface area contributed by atoms with Crippen molar-refractivity contribution in [1.29, 1.82) is 0 Å². The maximum atomic E-state index is 14.4. The van der Waals surface area contributed by atoms with Crippen molar-refractivity contribution in [2.24, 2.45) is 5.10 Å². The molecule has 3 aliphatic rings. The minimum atomic E-state index is -1.45. The molecule has 170 valence electrons. The van der Waals surface area contributed by atoms with Crippen molar-refractivity contribution in [1.82, 2.24) is 5.01 Å². The second-order valence-corrected chi connectivity index (χ2v) is 8.90. The van der Waals surface area contributed by atoms with E-state index >= 15 is 0 Å². The number of hydrazone groups is 1. The normalized spacial score (nSPS) is 21.9. The van der Waals surface area contributed by atoms with Crippen LogP contribution in [0.1, 0.15) is 29.2 Å². The van der Waals surface area contributed by atoms with Crippen molar-refractivity contribution in [2.45, 2.75) is 18.2 Å². The van der Waals surface area contributed by atoms with Crippen molar-refractivity contribution < 1.29 is 13.9 Å². The zero-order valence-corrected chi connectivity index (χ0v) is 18.6. The van der Waals surface area contributed by atoms with E-state index in [-0.39, 0.29) is 17.8 Å². The van der Waals surface area contributed by atoms with Gasteiger partial charge in [-0.15, -0.1) is 0 Å². The molecule has 35 heavy (non-hydrogen) atoms. The van der Waals surface area contributed by atoms with Gasteiger partial charge in [-0.1, -0.05) is 66.7 Å². The lowest BCUT2D eigenvalue weighted by molar-refractivity contribution is -0.163. The molecular weight excluding hydrogens is 441 g/mol. The fourth-order valence-corrected chi connectivity index (χ4v) is 5.40. The number of fused-ring (bicyclic) bond motifs is 6. The summed E-state index contributed by atoms with van der Waals surface area (Å²) in [6.45, 7) is 0. The van der Waals surface area contributed by atoms with Gasteiger partial charge in [0.15, 0.2) is 0 Å². The number of para-hydroxylation sites is 3. The number of nitrogens with zero attached hydrogens (tertiary/aromatic N) is 3. The summed E-state index contributed by atoms with van der Waals surface area (Å²) in [5.41, 5.74) is 3.42. The third kappa shape index (κ3) is 2.74. The Morgan fingerprint density at radius 3 is 2.40 bits per heavy atom. The summed E-state index contributed by atoms with van der Waals surface area (Å²) in [6, 6.07) is 31.2. The molecule has 1 amide bonds. The fraction of sp³-hybridized carbons (Fsp3) is 0.103. The van der Waals surface area contributed by atoms with Crippen molar-refractivity contribution in [3.8, 4) is 5.75 Å². The van der Waals surface area contributed by atoms with Gasteiger partial charge in [0, 0.05) is 17.7 Å². The topological polar surface area (TPSA) is 45.1 Å². The predicted octanol–water partition coefficient (Wildman–Crippen LogP) is 5.90. The Balaban J connectivity index is 1.46. The highest BCUT2D eigenvalue weighted by Gasteiger charge is 2.63. The lowest BCUT2D eigenvalue weighted by Gasteiger charge is -2.44. The molecule has 3 heterocycles. The van der Waals surface area contributed by atoms with Crippen LogP contribution in [0.25, 0.3) is 0 Å². The van der Waals surface area contributed by atoms with Gasteiger partial charge in [-0.05, 0) is 42.0 Å². The Morgan fingerprint density at radius 1 is 0.857 bits per heavy atom. The Labute approximate surface area is 201 Å². The van der Waals surface area contributed by atoms with Crippen molar-refractivity contribution in [2.75, 3.05) is 4.90 Å². The van der Waals surface area contributed by atoms with E-state index in [9.17, 15) is 9.18 Å². The maximum Gasteiger partial charge on any atom is 0.306 e. The van der Waals surface area contributed by atoms with Gasteiger partial charge in [0.1, 0.15) is 11.6 Å². The smallest absolute Gasteiger partial charge is 0.306 e. The summed E-state index contributed by atoms with van der Waals surface area (Å²) < 4.78 is 20.3. The Morgan fingerprint density at radius 2 is 1.57 bits per heavy atom. The molecule has 0 unspecified atom stereocenters. The van der Waals surface area contributed by atoms with Crippen molar-refractivity contribution in [3.63, 3.8) is 0 Å². The number of anilines is 2. The summed E-state index contributed by atoms with van der Waals surface area (Å²) >= 11 is 0. The van der Waals surface area contributed by atoms with E-state index in [0.29, 0.717) is 12.2 Å². The predicted molar refractivity (Wildman–Crippen MR) is 131 cm³/mol. The van der Waals surface area contributed by atoms with Gasteiger partial charge >= 0.3 is 11.6 Å². The average Bonchev–Trinajstić information content (AvgIpc) is 3.45. The molecule has 2 atom stereocenters. The van der Waals surface area contributed by atoms with Gasteiger partial charge in [0.2, 0.25) is 0 Å². The second-order valence-electron chi connectivity index (χ2n) is 8.90. The number of carbonyl (C=O) groups excluding carboxylic acids is 1. The number of rotatable bonds is 2. The Kier molecular flexibility index (Phi) is 4.15. The molecule has 0 bridgehead atoms. The molecule has 1 spiro atoms. The van der Waals surface area contributed by atoms with Crippen LogP contribution < -0.4 is 9.64 Å². The van der Waals surface area contributed by atoms with E-state index in [1.165, 1.54) is 12.1 Å². The van der Waals surface area contributed by atoms with Gasteiger partial charge in [0.25, 0.3) is 0 Å². The number of ether oxygens (including phenoxy) is 1. The lowest BCUT2D eigenvalue weighted by atomic mass is 9.92. The summed E-state index contributed by atoms with van der Waals surface area (Å²) in [5, 5.41) is 6.79. The van der Waals surface area contributed by atoms with Crippen LogP contribution in [0.5, 0.6) is 5.75 Å². The van der Waals surface area contributed by atoms with E-state index < -0.39 is 5.72 Å². The molecule has 7 rings (SSSR count). The van der Waals surface area contributed by atoms with Gasteiger partial charge < -0.3 is 4.74 Å². The highest BCUT2D eigenvalue weighted by molar-refractivity contribution is 6.12. The number of benzene rings is 4. The number of carbonyl (C=O) groups is 1. The summed E-state index contributed by atoms with van der Waals surface area (Å²) in [5.74, 6) is 0.157. The molecule has 6 heteroatoms. The molecule has 0 aliphatic carbocycles. The van der Waals surface area contributed by atoms with Gasteiger partial charge in [-0.25, -0.2) is 9.40 Å². The number of hydrogen-bond acceptors (Lipinski definition) is 4. The summed E-state index contributed by atoms with van der Waals surface area (Å²) in [7, 11) is 0. The molecule has 4 aromatic rings. The average molecular weight is 461 g/mol. The lowest BCUT2D eigenvalue weighted by Crippen LogP contribution is -2.56. The largest absolute Gasteiger partial charge is 0.453 e. The first-order valence-corrected chi connectivity index (χ1v) is 11.6. The highest BCUT2D eigenvalue weighted by atomic mass is 19.1. The minimum Gasteiger partial charge on any atom is -0.453 e. The van der Waals surface area contributed by atoms with Crippen LogP contribution in [0.3, 0.4) is 0 Å². The molecule has 0 saturated heterocycles. The molecular formula is C29H20FN3O2. The molecule has 0 N–H and O–H groups in total. The van der Waals surface area contributed by atoms with Gasteiger partial charge in [0.05, 0.1) is 23.0 Å². The van der Waals surface area contributed by atoms with Crippen LogP contribution >= 0.6 is 0 Å². The monoisotopic (exact) mass is 461 g/mol. The highest BCUT2D eigenvalue weighted by Crippen LogP contribution is 2.56. The zero-order valence-electron chi connectivity index (χ0n) is 18.6. The SMILES string of the molecule is O=C1N(c2ccccc2)c2ccccc2[C@]12Oc1ccccc1[C@H]1CC(c3ccc(F)cc3)=NN12. The maximum absolute atomic E-state index is 14.4. The first kappa shape index (κ1) is 20.0. The van der Waals surface area contributed by atoms with Crippen LogP contribution in [0.15, 0.2) is 108 Å². The summed E-state index contributed by atoms with van der Waals surface area (Å²) in [4.78, 5) is 16.1. The molecule has 0 saturated carbocycles. The molecule has 3 aliphatic heterocycles. The van der Waals surface area contributed by atoms with E-state index in [1.807, 2.05) is 83.9 Å². The first-order chi connectivity index (χ1) is 17.2. The molecule has 0 aromatic heterocycles. The number of amides is 1. The summed E-state index contributed by atoms with van der Waals surface area (Å²) in [6.07, 6.45) is 0.578. The number of hydrogen-bond donors (Lipinski definition) is 0. The van der Waals surface area contributed by atoms with Crippen LogP contribution in [-0.2, 0) is 10.5 Å². The van der Waals surface area contributed by atoms with Crippen LogP contribution in [0, 0.1) is 5.82 Å². The Hall–Kier alpha value is -4.45. The van der Waals surface area contributed by atoms with Crippen LogP contribution in [-0.4, -0.2) is 16.6 Å². The van der Waals surface area contributed by atoms with Gasteiger partial charge in [-0.2, -0.15) is 5.10 Å². The zero-order chi connectivity index (χ0) is 23.6. The van der Waals surface area contributed by atoms with E-state index in [2.05, 4.69) is 0 Å². The first-order valence-electron chi connectivity index (χ1n) is 11.6. The molecule has 4 aromatic carbocycles. The van der Waals surface area contributed by atoms with Gasteiger partial charge in [-0.3, -0.25) is 9.69 Å². The molecule has 5 nitrogen and oxygen atoms in total. The van der Waals surface area contributed by atoms with E-state index in [4.69, 9.17) is 9.84 Å². The third-order valence-electron chi connectivity index (χ3n) is 6.96. The van der Waals surface area contributed by atoms with Crippen molar-refractivity contribution >= 4 is 23.0 Å².